The molecule has 166 valence electrons. The van der Waals surface area contributed by atoms with Gasteiger partial charge in [-0.05, 0) is 42.0 Å². The summed E-state index contributed by atoms with van der Waals surface area (Å²) in [5.74, 6) is -0.431. The first-order chi connectivity index (χ1) is 15.6. The van der Waals surface area contributed by atoms with Gasteiger partial charge in [-0.1, -0.05) is 42.5 Å². The Labute approximate surface area is 188 Å². The predicted molar refractivity (Wildman–Crippen MR) is 125 cm³/mol. The van der Waals surface area contributed by atoms with Gasteiger partial charge in [0.15, 0.2) is 0 Å². The lowest BCUT2D eigenvalue weighted by Gasteiger charge is -2.35. The Morgan fingerprint density at radius 2 is 1.75 bits per heavy atom. The number of amides is 1. The highest BCUT2D eigenvalue weighted by Crippen LogP contribution is 2.27. The number of para-hydroxylation sites is 2. The Bertz CT molecular complexity index is 1040. The molecule has 1 N–H and O–H groups in total. The summed E-state index contributed by atoms with van der Waals surface area (Å²) in [7, 11) is 1.95. The van der Waals surface area contributed by atoms with Crippen LogP contribution < -0.4 is 10.2 Å². The van der Waals surface area contributed by atoms with E-state index in [-0.39, 0.29) is 17.8 Å². The molecule has 1 aliphatic heterocycles. The molecule has 0 spiro atoms. The maximum atomic E-state index is 13.9. The lowest BCUT2D eigenvalue weighted by atomic mass is 10.0. The van der Waals surface area contributed by atoms with E-state index in [4.69, 9.17) is 4.74 Å². The van der Waals surface area contributed by atoms with Crippen molar-refractivity contribution in [2.24, 2.45) is 0 Å². The Morgan fingerprint density at radius 3 is 2.50 bits per heavy atom. The van der Waals surface area contributed by atoms with Crippen LogP contribution >= 0.6 is 0 Å². The van der Waals surface area contributed by atoms with Crippen LogP contribution in [0.3, 0.4) is 0 Å². The molecule has 1 fully saturated rings. The number of carbonyl (C=O) groups is 1. The van der Waals surface area contributed by atoms with Crippen molar-refractivity contribution in [3.05, 3.63) is 95.8 Å². The normalized spacial score (nSPS) is 15.2. The van der Waals surface area contributed by atoms with E-state index in [1.165, 1.54) is 6.07 Å². The van der Waals surface area contributed by atoms with E-state index >= 15 is 0 Å². The number of nitrogens with one attached hydrogen (secondary N) is 1. The van der Waals surface area contributed by atoms with Crippen LogP contribution in [0.4, 0.5) is 15.8 Å². The molecule has 6 heteroatoms. The summed E-state index contributed by atoms with van der Waals surface area (Å²) in [6, 6.07) is 24.0. The fourth-order valence-corrected chi connectivity index (χ4v) is 4.09. The van der Waals surface area contributed by atoms with E-state index in [0.717, 1.165) is 30.0 Å². The third-order valence-corrected chi connectivity index (χ3v) is 5.83. The average Bonchev–Trinajstić information content (AvgIpc) is 2.85. The van der Waals surface area contributed by atoms with Gasteiger partial charge < -0.3 is 15.0 Å². The van der Waals surface area contributed by atoms with Gasteiger partial charge in [0, 0.05) is 32.4 Å². The second-order valence-corrected chi connectivity index (χ2v) is 7.84. The predicted octanol–water partition coefficient (Wildman–Crippen LogP) is 4.40. The van der Waals surface area contributed by atoms with Gasteiger partial charge in [0.2, 0.25) is 0 Å². The number of morpholine rings is 1. The molecule has 0 aliphatic carbocycles. The Morgan fingerprint density at radius 1 is 1.03 bits per heavy atom. The molecule has 32 heavy (non-hydrogen) atoms. The van der Waals surface area contributed by atoms with Crippen molar-refractivity contribution in [2.75, 3.05) is 44.8 Å². The monoisotopic (exact) mass is 433 g/mol. The summed E-state index contributed by atoms with van der Waals surface area (Å²) in [6.45, 7) is 3.12. The molecule has 1 unspecified atom stereocenters. The van der Waals surface area contributed by atoms with Crippen molar-refractivity contribution in [3.8, 4) is 0 Å². The van der Waals surface area contributed by atoms with Crippen LogP contribution in [0.25, 0.3) is 0 Å². The second-order valence-electron chi connectivity index (χ2n) is 7.84. The van der Waals surface area contributed by atoms with Crippen LogP contribution in [0.5, 0.6) is 0 Å². The van der Waals surface area contributed by atoms with Gasteiger partial charge in [-0.15, -0.1) is 0 Å². The third kappa shape index (κ3) is 5.15. The number of nitrogens with zero attached hydrogens (tertiary/aromatic N) is 2. The second kappa shape index (κ2) is 10.4. The SMILES string of the molecule is CN(c1ccccc1)c1ccccc1C(=O)NCC(c1cccc(F)c1)N1CCOCC1. The third-order valence-electron chi connectivity index (χ3n) is 5.83. The molecule has 4 rings (SSSR count). The van der Waals surface area contributed by atoms with Crippen LogP contribution in [0, 0.1) is 5.82 Å². The molecule has 0 aromatic heterocycles. The first kappa shape index (κ1) is 22.0. The zero-order chi connectivity index (χ0) is 22.3. The van der Waals surface area contributed by atoms with Crippen molar-refractivity contribution in [2.45, 2.75) is 6.04 Å². The number of hydrogen-bond donors (Lipinski definition) is 1. The standard InChI is InChI=1S/C26H28FN3O2/c1-29(22-10-3-2-4-11-22)24-13-6-5-12-23(24)26(31)28-19-25(30-14-16-32-17-15-30)20-8-7-9-21(27)18-20/h2-13,18,25H,14-17,19H2,1H3,(H,28,31). The topological polar surface area (TPSA) is 44.8 Å². The zero-order valence-corrected chi connectivity index (χ0v) is 18.2. The van der Waals surface area contributed by atoms with Crippen LogP contribution in [0.2, 0.25) is 0 Å². The Hall–Kier alpha value is -3.22. The van der Waals surface area contributed by atoms with Gasteiger partial charge in [0.25, 0.3) is 5.91 Å². The number of hydrogen-bond acceptors (Lipinski definition) is 4. The number of benzene rings is 3. The largest absolute Gasteiger partial charge is 0.379 e. The summed E-state index contributed by atoms with van der Waals surface area (Å²) in [5.41, 5.74) is 3.27. The molecule has 0 bridgehead atoms. The minimum atomic E-state index is -0.276. The van der Waals surface area contributed by atoms with Gasteiger partial charge in [-0.25, -0.2) is 4.39 Å². The number of carbonyl (C=O) groups excluding carboxylic acids is 1. The highest BCUT2D eigenvalue weighted by atomic mass is 19.1. The number of rotatable bonds is 7. The molecule has 1 atom stereocenters. The van der Waals surface area contributed by atoms with Crippen molar-refractivity contribution in [1.82, 2.24) is 10.2 Å². The Balaban J connectivity index is 1.54. The van der Waals surface area contributed by atoms with Crippen molar-refractivity contribution < 1.29 is 13.9 Å². The van der Waals surface area contributed by atoms with E-state index in [9.17, 15) is 9.18 Å². The molecular formula is C26H28FN3O2. The summed E-state index contributed by atoms with van der Waals surface area (Å²) in [6.07, 6.45) is 0. The zero-order valence-electron chi connectivity index (χ0n) is 18.2. The Kier molecular flexibility index (Phi) is 7.14. The maximum Gasteiger partial charge on any atom is 0.253 e. The minimum absolute atomic E-state index is 0.127. The number of halogens is 1. The fraction of sp³-hybridized carbons (Fsp3) is 0.269. The first-order valence-corrected chi connectivity index (χ1v) is 10.9. The molecule has 1 aliphatic rings. The molecule has 0 saturated carbocycles. The highest BCUT2D eigenvalue weighted by Gasteiger charge is 2.24. The average molecular weight is 434 g/mol. The van der Waals surface area contributed by atoms with E-state index < -0.39 is 0 Å². The maximum absolute atomic E-state index is 13.9. The highest BCUT2D eigenvalue weighted by molar-refractivity contribution is 6.00. The van der Waals surface area contributed by atoms with Gasteiger partial charge in [0.05, 0.1) is 30.5 Å². The summed E-state index contributed by atoms with van der Waals surface area (Å²) in [4.78, 5) is 17.5. The summed E-state index contributed by atoms with van der Waals surface area (Å²) >= 11 is 0. The van der Waals surface area contributed by atoms with Crippen molar-refractivity contribution >= 4 is 17.3 Å². The van der Waals surface area contributed by atoms with Crippen LogP contribution in [-0.4, -0.2) is 50.7 Å². The molecule has 1 heterocycles. The lowest BCUT2D eigenvalue weighted by Crippen LogP contribution is -2.44. The van der Waals surface area contributed by atoms with Crippen molar-refractivity contribution in [3.63, 3.8) is 0 Å². The lowest BCUT2D eigenvalue weighted by molar-refractivity contribution is 0.0162. The smallest absolute Gasteiger partial charge is 0.253 e. The molecule has 1 saturated heterocycles. The molecule has 0 radical (unpaired) electrons. The summed E-state index contributed by atoms with van der Waals surface area (Å²) in [5, 5.41) is 3.09. The molecule has 5 nitrogen and oxygen atoms in total. The molecule has 3 aromatic rings. The van der Waals surface area contributed by atoms with Crippen LogP contribution in [0.1, 0.15) is 22.0 Å². The fourth-order valence-electron chi connectivity index (χ4n) is 4.09. The van der Waals surface area contributed by atoms with E-state index in [1.54, 1.807) is 12.1 Å². The summed E-state index contributed by atoms with van der Waals surface area (Å²) < 4.78 is 19.4. The molecule has 3 aromatic carbocycles. The quantitative estimate of drug-likeness (QED) is 0.600. The van der Waals surface area contributed by atoms with Crippen molar-refractivity contribution in [1.29, 1.82) is 0 Å². The van der Waals surface area contributed by atoms with Gasteiger partial charge in [-0.2, -0.15) is 0 Å². The van der Waals surface area contributed by atoms with E-state index in [0.29, 0.717) is 25.3 Å². The minimum Gasteiger partial charge on any atom is -0.379 e. The van der Waals surface area contributed by atoms with E-state index in [2.05, 4.69) is 10.2 Å². The van der Waals surface area contributed by atoms with Gasteiger partial charge in [-0.3, -0.25) is 9.69 Å². The van der Waals surface area contributed by atoms with E-state index in [1.807, 2.05) is 72.6 Å². The first-order valence-electron chi connectivity index (χ1n) is 10.9. The molecular weight excluding hydrogens is 405 g/mol. The number of ether oxygens (including phenoxy) is 1. The van der Waals surface area contributed by atoms with Gasteiger partial charge >= 0.3 is 0 Å². The number of anilines is 2. The van der Waals surface area contributed by atoms with Crippen LogP contribution in [-0.2, 0) is 4.74 Å². The van der Waals surface area contributed by atoms with Gasteiger partial charge in [0.1, 0.15) is 5.82 Å². The molecule has 1 amide bonds. The van der Waals surface area contributed by atoms with Crippen LogP contribution in [0.15, 0.2) is 78.9 Å².